The summed E-state index contributed by atoms with van der Waals surface area (Å²) in [6, 6.07) is 17.1. The van der Waals surface area contributed by atoms with Gasteiger partial charge in [0.25, 0.3) is 0 Å². The van der Waals surface area contributed by atoms with Gasteiger partial charge in [-0.25, -0.2) is 4.98 Å². The molecule has 0 spiro atoms. The summed E-state index contributed by atoms with van der Waals surface area (Å²) in [6.07, 6.45) is 1.09. The predicted molar refractivity (Wildman–Crippen MR) is 92.9 cm³/mol. The van der Waals surface area contributed by atoms with E-state index in [9.17, 15) is 0 Å². The molecule has 0 saturated heterocycles. The molecule has 3 aromatic rings. The number of imidazole rings is 1. The third kappa shape index (κ3) is 2.69. The van der Waals surface area contributed by atoms with Crippen LogP contribution in [-0.2, 0) is 19.5 Å². The Hall–Kier alpha value is -1.65. The Morgan fingerprint density at radius 3 is 2.68 bits per heavy atom. The van der Waals surface area contributed by atoms with Crippen molar-refractivity contribution in [3.05, 3.63) is 64.4 Å². The summed E-state index contributed by atoms with van der Waals surface area (Å²) in [5, 5.41) is 0. The molecule has 0 N–H and O–H groups in total. The molecule has 112 valence electrons. The first kappa shape index (κ1) is 14.0. The van der Waals surface area contributed by atoms with Gasteiger partial charge in [0.1, 0.15) is 5.82 Å². The lowest BCUT2D eigenvalue weighted by molar-refractivity contribution is 0.222. The summed E-state index contributed by atoms with van der Waals surface area (Å²) >= 11 is 3.49. The molecule has 4 heteroatoms. The van der Waals surface area contributed by atoms with E-state index in [1.54, 1.807) is 0 Å². The topological polar surface area (TPSA) is 21.1 Å². The average Bonchev–Trinajstić information content (AvgIpc) is 2.92. The van der Waals surface area contributed by atoms with Crippen LogP contribution >= 0.6 is 15.9 Å². The molecule has 22 heavy (non-hydrogen) atoms. The molecule has 0 amide bonds. The Kier molecular flexibility index (Phi) is 3.72. The van der Waals surface area contributed by atoms with E-state index in [0.717, 1.165) is 42.6 Å². The Morgan fingerprint density at radius 2 is 1.82 bits per heavy atom. The Labute approximate surface area is 138 Å². The van der Waals surface area contributed by atoms with Crippen LogP contribution in [0.5, 0.6) is 0 Å². The number of rotatable bonds is 3. The lowest BCUT2D eigenvalue weighted by atomic mass is 10.1. The minimum absolute atomic E-state index is 0.950. The van der Waals surface area contributed by atoms with E-state index in [0.29, 0.717) is 0 Å². The van der Waals surface area contributed by atoms with Crippen molar-refractivity contribution in [3.63, 3.8) is 0 Å². The van der Waals surface area contributed by atoms with Crippen LogP contribution in [0.3, 0.4) is 0 Å². The first-order chi connectivity index (χ1) is 10.8. The average molecular weight is 356 g/mol. The molecule has 1 aromatic heterocycles. The van der Waals surface area contributed by atoms with Crippen LogP contribution in [0.4, 0.5) is 0 Å². The zero-order valence-corrected chi connectivity index (χ0v) is 14.0. The first-order valence-electron chi connectivity index (χ1n) is 7.70. The number of benzene rings is 2. The van der Waals surface area contributed by atoms with E-state index in [2.05, 4.69) is 73.9 Å². The Bertz CT molecular complexity index is 792. The molecule has 1 aliphatic rings. The molecule has 0 bridgehead atoms. The van der Waals surface area contributed by atoms with Gasteiger partial charge < -0.3 is 4.57 Å². The van der Waals surface area contributed by atoms with Gasteiger partial charge in [0.2, 0.25) is 0 Å². The van der Waals surface area contributed by atoms with Crippen LogP contribution < -0.4 is 0 Å². The van der Waals surface area contributed by atoms with Crippen molar-refractivity contribution in [2.75, 3.05) is 13.1 Å². The lowest BCUT2D eigenvalue weighted by Crippen LogP contribution is -2.35. The molecule has 0 radical (unpaired) electrons. The maximum Gasteiger partial charge on any atom is 0.124 e. The lowest BCUT2D eigenvalue weighted by Gasteiger charge is -2.27. The van der Waals surface area contributed by atoms with Gasteiger partial charge in [-0.3, -0.25) is 4.90 Å². The van der Waals surface area contributed by atoms with Gasteiger partial charge in [0.05, 0.1) is 17.6 Å². The van der Waals surface area contributed by atoms with Crippen LogP contribution in [0.1, 0.15) is 11.4 Å². The summed E-state index contributed by atoms with van der Waals surface area (Å²) in [5.74, 6) is 1.20. The van der Waals surface area contributed by atoms with E-state index in [4.69, 9.17) is 4.98 Å². The highest BCUT2D eigenvalue weighted by atomic mass is 79.9. The fourth-order valence-electron chi connectivity index (χ4n) is 3.15. The number of nitrogens with zero attached hydrogens (tertiary/aromatic N) is 3. The second-order valence-electron chi connectivity index (χ2n) is 5.82. The maximum absolute atomic E-state index is 4.79. The first-order valence-corrected chi connectivity index (χ1v) is 8.50. The largest absolute Gasteiger partial charge is 0.326 e. The highest BCUT2D eigenvalue weighted by Crippen LogP contribution is 2.21. The quantitative estimate of drug-likeness (QED) is 0.711. The van der Waals surface area contributed by atoms with Gasteiger partial charge in [0, 0.05) is 24.1 Å². The van der Waals surface area contributed by atoms with E-state index >= 15 is 0 Å². The highest BCUT2D eigenvalue weighted by Gasteiger charge is 2.19. The SMILES string of the molecule is Brc1ccc(CCN2CCn3c(nc4ccccc43)C2)cc1. The molecule has 0 saturated carbocycles. The molecule has 1 aliphatic heterocycles. The van der Waals surface area contributed by atoms with Gasteiger partial charge in [0.15, 0.2) is 0 Å². The molecule has 0 atom stereocenters. The number of hydrogen-bond acceptors (Lipinski definition) is 2. The van der Waals surface area contributed by atoms with Crippen molar-refractivity contribution in [2.45, 2.75) is 19.5 Å². The highest BCUT2D eigenvalue weighted by molar-refractivity contribution is 9.10. The van der Waals surface area contributed by atoms with Crippen molar-refractivity contribution in [1.82, 2.24) is 14.5 Å². The minimum atomic E-state index is 0.950. The zero-order chi connectivity index (χ0) is 14.9. The molecule has 0 fully saturated rings. The van der Waals surface area contributed by atoms with Gasteiger partial charge in [-0.05, 0) is 36.2 Å². The van der Waals surface area contributed by atoms with Crippen molar-refractivity contribution in [1.29, 1.82) is 0 Å². The number of halogens is 1. The monoisotopic (exact) mass is 355 g/mol. The minimum Gasteiger partial charge on any atom is -0.326 e. The van der Waals surface area contributed by atoms with Crippen LogP contribution in [-0.4, -0.2) is 27.5 Å². The summed E-state index contributed by atoms with van der Waals surface area (Å²) < 4.78 is 3.51. The third-order valence-electron chi connectivity index (χ3n) is 4.37. The number of aromatic nitrogens is 2. The molecule has 0 unspecified atom stereocenters. The van der Waals surface area contributed by atoms with Crippen molar-refractivity contribution < 1.29 is 0 Å². The molecular formula is C18H18BrN3. The normalized spacial score (nSPS) is 15.1. The van der Waals surface area contributed by atoms with E-state index in [-0.39, 0.29) is 0 Å². The zero-order valence-electron chi connectivity index (χ0n) is 12.4. The van der Waals surface area contributed by atoms with Crippen LogP contribution in [0.15, 0.2) is 53.0 Å². The second kappa shape index (κ2) is 5.86. The summed E-state index contributed by atoms with van der Waals surface area (Å²) in [5.41, 5.74) is 3.78. The summed E-state index contributed by atoms with van der Waals surface area (Å²) in [6.45, 7) is 4.18. The van der Waals surface area contributed by atoms with Gasteiger partial charge in [-0.15, -0.1) is 0 Å². The Balaban J connectivity index is 1.46. The maximum atomic E-state index is 4.79. The fraction of sp³-hybridized carbons (Fsp3) is 0.278. The van der Waals surface area contributed by atoms with Crippen LogP contribution in [0.2, 0.25) is 0 Å². The molecule has 4 rings (SSSR count). The summed E-state index contributed by atoms with van der Waals surface area (Å²) in [7, 11) is 0. The fourth-order valence-corrected chi connectivity index (χ4v) is 3.41. The third-order valence-corrected chi connectivity index (χ3v) is 4.90. The standard InChI is InChI=1S/C18H18BrN3/c19-15-7-5-14(6-8-15)9-10-21-11-12-22-17-4-2-1-3-16(17)20-18(22)13-21/h1-8H,9-13H2. The van der Waals surface area contributed by atoms with Crippen LogP contribution in [0, 0.1) is 0 Å². The number of hydrogen-bond donors (Lipinski definition) is 0. The van der Waals surface area contributed by atoms with E-state index in [1.807, 2.05) is 0 Å². The molecule has 2 aromatic carbocycles. The van der Waals surface area contributed by atoms with Gasteiger partial charge >= 0.3 is 0 Å². The van der Waals surface area contributed by atoms with Gasteiger partial charge in [-0.2, -0.15) is 0 Å². The molecule has 3 nitrogen and oxygen atoms in total. The smallest absolute Gasteiger partial charge is 0.124 e. The van der Waals surface area contributed by atoms with Crippen LogP contribution in [0.25, 0.3) is 11.0 Å². The molecule has 2 heterocycles. The van der Waals surface area contributed by atoms with E-state index < -0.39 is 0 Å². The van der Waals surface area contributed by atoms with Crippen molar-refractivity contribution in [3.8, 4) is 0 Å². The number of fused-ring (bicyclic) bond motifs is 3. The van der Waals surface area contributed by atoms with E-state index in [1.165, 1.54) is 16.9 Å². The second-order valence-corrected chi connectivity index (χ2v) is 6.74. The molecule has 0 aliphatic carbocycles. The summed E-state index contributed by atoms with van der Waals surface area (Å²) in [4.78, 5) is 7.29. The van der Waals surface area contributed by atoms with Gasteiger partial charge in [-0.1, -0.05) is 40.2 Å². The van der Waals surface area contributed by atoms with Crippen molar-refractivity contribution >= 4 is 27.0 Å². The Morgan fingerprint density at radius 1 is 1.00 bits per heavy atom. The molecular weight excluding hydrogens is 338 g/mol. The van der Waals surface area contributed by atoms with Crippen molar-refractivity contribution in [2.24, 2.45) is 0 Å². The predicted octanol–water partition coefficient (Wildman–Crippen LogP) is 3.86. The number of para-hydroxylation sites is 2.